The lowest BCUT2D eigenvalue weighted by Gasteiger charge is -2.57. The first-order valence-electron chi connectivity index (χ1n) is 12.4. The van der Waals surface area contributed by atoms with Crippen molar-refractivity contribution >= 4 is 17.6 Å². The fourth-order valence-electron chi connectivity index (χ4n) is 7.14. The van der Waals surface area contributed by atoms with Crippen LogP contribution in [0.15, 0.2) is 36.4 Å². The van der Waals surface area contributed by atoms with Gasteiger partial charge in [0.15, 0.2) is 11.5 Å². The van der Waals surface area contributed by atoms with Crippen LogP contribution in [0.4, 0.5) is 5.69 Å². The highest BCUT2D eigenvalue weighted by molar-refractivity contribution is 6.09. The molecule has 4 saturated carbocycles. The fraction of sp³-hybridized carbons (Fsp3) is 0.500. The standard InChI is InChI=1S/C28H33NO6/c1-33-9-10-35-25-22(28-14-17-11-18(15-28)13-19(12-17)16-28)8-7-21(24(25)34-2)26(30)29-23-6-4-3-5-20(23)27(31)32/h3-8,17-19H,9-16H2,1-2H3,(H,29,30)(H,31,32). The molecule has 4 bridgehead atoms. The maximum absolute atomic E-state index is 13.3. The predicted molar refractivity (Wildman–Crippen MR) is 132 cm³/mol. The van der Waals surface area contributed by atoms with Crippen LogP contribution in [0.3, 0.4) is 0 Å². The fourth-order valence-corrected chi connectivity index (χ4v) is 7.14. The van der Waals surface area contributed by atoms with Crippen LogP contribution in [0.5, 0.6) is 11.5 Å². The smallest absolute Gasteiger partial charge is 0.337 e. The van der Waals surface area contributed by atoms with Crippen molar-refractivity contribution in [2.24, 2.45) is 17.8 Å². The van der Waals surface area contributed by atoms with Gasteiger partial charge in [-0.1, -0.05) is 18.2 Å². The summed E-state index contributed by atoms with van der Waals surface area (Å²) in [4.78, 5) is 25.0. The molecule has 4 fully saturated rings. The maximum Gasteiger partial charge on any atom is 0.337 e. The quantitative estimate of drug-likeness (QED) is 0.484. The van der Waals surface area contributed by atoms with E-state index in [0.29, 0.717) is 30.3 Å². The van der Waals surface area contributed by atoms with Crippen LogP contribution in [0.1, 0.15) is 64.8 Å². The van der Waals surface area contributed by atoms with Crippen LogP contribution in [0, 0.1) is 17.8 Å². The number of para-hydroxylation sites is 1. The number of benzene rings is 2. The number of amides is 1. The zero-order chi connectivity index (χ0) is 24.6. The van der Waals surface area contributed by atoms with Gasteiger partial charge in [-0.2, -0.15) is 0 Å². The maximum atomic E-state index is 13.3. The minimum Gasteiger partial charge on any atom is -0.492 e. The molecule has 4 aliphatic rings. The molecule has 0 heterocycles. The lowest BCUT2D eigenvalue weighted by Crippen LogP contribution is -2.48. The number of ether oxygens (including phenoxy) is 3. The van der Waals surface area contributed by atoms with Crippen molar-refractivity contribution in [3.63, 3.8) is 0 Å². The third kappa shape index (κ3) is 4.38. The third-order valence-corrected chi connectivity index (χ3v) is 8.11. The normalized spacial score (nSPS) is 26.4. The summed E-state index contributed by atoms with van der Waals surface area (Å²) in [6, 6.07) is 10.2. The Kier molecular flexibility index (Phi) is 6.45. The molecule has 1 amide bonds. The van der Waals surface area contributed by atoms with Crippen LogP contribution < -0.4 is 14.8 Å². The lowest BCUT2D eigenvalue weighted by molar-refractivity contribution is -0.00678. The number of carboxylic acids is 1. The Labute approximate surface area is 205 Å². The number of carbonyl (C=O) groups excluding carboxylic acids is 1. The summed E-state index contributed by atoms with van der Waals surface area (Å²) in [5.74, 6) is 1.74. The number of carboxylic acid groups (broad SMARTS) is 1. The van der Waals surface area contributed by atoms with Crippen LogP contribution in [0.2, 0.25) is 0 Å². The largest absolute Gasteiger partial charge is 0.492 e. The molecule has 2 aromatic carbocycles. The molecule has 4 aliphatic carbocycles. The van der Waals surface area contributed by atoms with E-state index in [0.717, 1.165) is 42.6 Å². The van der Waals surface area contributed by atoms with Crippen LogP contribution in [0.25, 0.3) is 0 Å². The second-order valence-corrected chi connectivity index (χ2v) is 10.4. The molecule has 7 heteroatoms. The van der Waals surface area contributed by atoms with Crippen LogP contribution >= 0.6 is 0 Å². The average Bonchev–Trinajstić information content (AvgIpc) is 2.83. The van der Waals surface area contributed by atoms with Crippen molar-refractivity contribution in [3.8, 4) is 11.5 Å². The molecule has 0 aromatic heterocycles. The SMILES string of the molecule is COCCOc1c(C23CC4CC(CC(C4)C2)C3)ccc(C(=O)Nc2ccccc2C(=O)O)c1OC. The Morgan fingerprint density at radius 1 is 0.914 bits per heavy atom. The zero-order valence-electron chi connectivity index (χ0n) is 20.3. The van der Waals surface area contributed by atoms with Gasteiger partial charge in [-0.05, 0) is 79.9 Å². The van der Waals surface area contributed by atoms with Gasteiger partial charge in [-0.25, -0.2) is 4.79 Å². The first kappa shape index (κ1) is 23.7. The summed E-state index contributed by atoms with van der Waals surface area (Å²) in [5.41, 5.74) is 1.76. The lowest BCUT2D eigenvalue weighted by atomic mass is 9.48. The Balaban J connectivity index is 1.53. The number of methoxy groups -OCH3 is 2. The molecule has 6 rings (SSSR count). The molecule has 186 valence electrons. The van der Waals surface area contributed by atoms with Gasteiger partial charge < -0.3 is 24.6 Å². The molecule has 2 aromatic rings. The van der Waals surface area contributed by atoms with Crippen LogP contribution in [-0.4, -0.2) is 44.4 Å². The van der Waals surface area contributed by atoms with Gasteiger partial charge in [0, 0.05) is 12.7 Å². The summed E-state index contributed by atoms with van der Waals surface area (Å²) >= 11 is 0. The Bertz CT molecular complexity index is 1090. The Hall–Kier alpha value is -3.06. The Morgan fingerprint density at radius 2 is 1.57 bits per heavy atom. The third-order valence-electron chi connectivity index (χ3n) is 8.11. The van der Waals surface area contributed by atoms with Crippen molar-refractivity contribution in [3.05, 3.63) is 53.1 Å². The number of anilines is 1. The molecular weight excluding hydrogens is 446 g/mol. The highest BCUT2D eigenvalue weighted by Crippen LogP contribution is 2.62. The minimum atomic E-state index is -1.10. The Morgan fingerprint density at radius 3 is 2.17 bits per heavy atom. The average molecular weight is 480 g/mol. The molecule has 0 unspecified atom stereocenters. The molecule has 7 nitrogen and oxygen atoms in total. The van der Waals surface area contributed by atoms with Gasteiger partial charge in [0.2, 0.25) is 0 Å². The number of aromatic carboxylic acids is 1. The van der Waals surface area contributed by atoms with Crippen molar-refractivity contribution in [1.82, 2.24) is 0 Å². The molecule has 0 atom stereocenters. The van der Waals surface area contributed by atoms with Gasteiger partial charge in [0.1, 0.15) is 6.61 Å². The molecular formula is C28H33NO6. The number of hydrogen-bond acceptors (Lipinski definition) is 5. The van der Waals surface area contributed by atoms with Gasteiger partial charge >= 0.3 is 5.97 Å². The highest BCUT2D eigenvalue weighted by atomic mass is 16.5. The zero-order valence-corrected chi connectivity index (χ0v) is 20.3. The minimum absolute atomic E-state index is 0.0292. The summed E-state index contributed by atoms with van der Waals surface area (Å²) in [6.45, 7) is 0.769. The van der Waals surface area contributed by atoms with Gasteiger partial charge in [0.05, 0.1) is 30.5 Å². The molecule has 35 heavy (non-hydrogen) atoms. The van der Waals surface area contributed by atoms with E-state index in [9.17, 15) is 14.7 Å². The van der Waals surface area contributed by atoms with Gasteiger partial charge in [0.25, 0.3) is 5.91 Å². The highest BCUT2D eigenvalue weighted by Gasteiger charge is 2.53. The summed E-state index contributed by atoms with van der Waals surface area (Å²) < 4.78 is 17.3. The summed E-state index contributed by atoms with van der Waals surface area (Å²) in [5, 5.41) is 12.2. The van der Waals surface area contributed by atoms with Crippen LogP contribution in [-0.2, 0) is 10.2 Å². The second kappa shape index (κ2) is 9.53. The molecule has 0 spiro atoms. The van der Waals surface area contributed by atoms with Crippen molar-refractivity contribution < 1.29 is 28.9 Å². The van der Waals surface area contributed by atoms with E-state index in [1.165, 1.54) is 25.3 Å². The first-order chi connectivity index (χ1) is 16.9. The van der Waals surface area contributed by atoms with Gasteiger partial charge in [-0.15, -0.1) is 0 Å². The number of carbonyl (C=O) groups is 2. The van der Waals surface area contributed by atoms with E-state index in [1.807, 2.05) is 6.07 Å². The molecule has 2 N–H and O–H groups in total. The van der Waals surface area contributed by atoms with E-state index in [-0.39, 0.29) is 16.7 Å². The summed E-state index contributed by atoms with van der Waals surface area (Å²) in [6.07, 6.45) is 7.46. The van der Waals surface area contributed by atoms with E-state index < -0.39 is 11.9 Å². The number of rotatable bonds is 9. The van der Waals surface area contributed by atoms with E-state index in [2.05, 4.69) is 5.32 Å². The van der Waals surface area contributed by atoms with Gasteiger partial charge in [-0.3, -0.25) is 4.79 Å². The molecule has 0 aliphatic heterocycles. The first-order valence-corrected chi connectivity index (χ1v) is 12.4. The van der Waals surface area contributed by atoms with E-state index in [1.54, 1.807) is 38.5 Å². The van der Waals surface area contributed by atoms with E-state index >= 15 is 0 Å². The number of hydrogen-bond donors (Lipinski definition) is 2. The number of nitrogens with one attached hydrogen (secondary N) is 1. The predicted octanol–water partition coefficient (Wildman–Crippen LogP) is 5.14. The van der Waals surface area contributed by atoms with E-state index in [4.69, 9.17) is 14.2 Å². The molecule has 0 radical (unpaired) electrons. The van der Waals surface area contributed by atoms with Crippen molar-refractivity contribution in [2.45, 2.75) is 43.9 Å². The molecule has 0 saturated heterocycles. The topological polar surface area (TPSA) is 94.1 Å². The summed E-state index contributed by atoms with van der Waals surface area (Å²) in [7, 11) is 3.17. The second-order valence-electron chi connectivity index (χ2n) is 10.4. The van der Waals surface area contributed by atoms with Crippen molar-refractivity contribution in [1.29, 1.82) is 0 Å². The monoisotopic (exact) mass is 479 g/mol. The van der Waals surface area contributed by atoms with Crippen molar-refractivity contribution in [2.75, 3.05) is 32.8 Å².